The highest BCUT2D eigenvalue weighted by atomic mass is 35.5. The molecular weight excluding hydrogens is 350 g/mol. The topological polar surface area (TPSA) is 106 Å². The number of rotatable bonds is 6. The number of furan rings is 1. The first-order chi connectivity index (χ1) is 11.8. The molecule has 2 amide bonds. The Bertz CT molecular complexity index is 791. The Kier molecular flexibility index (Phi) is 5.76. The number of nitrogens with one attached hydrogen (secondary N) is 1. The first-order valence-electron chi connectivity index (χ1n) is 7.31. The zero-order chi connectivity index (χ0) is 18.6. The van der Waals surface area contributed by atoms with Gasteiger partial charge in [0.2, 0.25) is 5.91 Å². The first-order valence-corrected chi connectivity index (χ1v) is 7.69. The van der Waals surface area contributed by atoms with Gasteiger partial charge in [-0.25, -0.2) is 0 Å². The highest BCUT2D eigenvalue weighted by molar-refractivity contribution is 6.31. The van der Waals surface area contributed by atoms with E-state index >= 15 is 0 Å². The van der Waals surface area contributed by atoms with Crippen LogP contribution < -0.4 is 5.32 Å². The number of benzene rings is 1. The summed E-state index contributed by atoms with van der Waals surface area (Å²) in [5.74, 6) is -0.779. The summed E-state index contributed by atoms with van der Waals surface area (Å²) in [4.78, 5) is 35.9. The SMILES string of the molecule is CC(NC(=O)c1ccco1)C(=O)N(C)Cc1cc([N+](=O)[O-])ccc1Cl. The molecule has 2 rings (SSSR count). The second-order valence-corrected chi connectivity index (χ2v) is 5.81. The van der Waals surface area contributed by atoms with E-state index in [-0.39, 0.29) is 23.9 Å². The van der Waals surface area contributed by atoms with E-state index in [1.165, 1.54) is 49.4 Å². The van der Waals surface area contributed by atoms with Crippen molar-refractivity contribution >= 4 is 29.1 Å². The fraction of sp³-hybridized carbons (Fsp3) is 0.250. The molecule has 0 fully saturated rings. The molecule has 0 radical (unpaired) electrons. The number of carbonyl (C=O) groups is 2. The maximum atomic E-state index is 12.4. The molecule has 9 heteroatoms. The van der Waals surface area contributed by atoms with E-state index < -0.39 is 16.9 Å². The number of amides is 2. The molecular formula is C16H16ClN3O5. The molecule has 8 nitrogen and oxygen atoms in total. The van der Waals surface area contributed by atoms with E-state index in [4.69, 9.17) is 16.0 Å². The molecule has 0 saturated carbocycles. The van der Waals surface area contributed by atoms with Gasteiger partial charge in [-0.1, -0.05) is 11.6 Å². The van der Waals surface area contributed by atoms with Crippen LogP contribution in [-0.4, -0.2) is 34.7 Å². The highest BCUT2D eigenvalue weighted by Gasteiger charge is 2.22. The number of likely N-dealkylation sites (N-methyl/N-ethyl adjacent to an activating group) is 1. The van der Waals surface area contributed by atoms with Gasteiger partial charge >= 0.3 is 0 Å². The molecule has 0 aliphatic rings. The Morgan fingerprint density at radius 3 is 2.72 bits per heavy atom. The van der Waals surface area contributed by atoms with Crippen LogP contribution in [0.4, 0.5) is 5.69 Å². The van der Waals surface area contributed by atoms with Gasteiger partial charge in [0, 0.05) is 30.7 Å². The molecule has 0 bridgehead atoms. The van der Waals surface area contributed by atoms with Gasteiger partial charge in [-0.2, -0.15) is 0 Å². The molecule has 2 aromatic rings. The standard InChI is InChI=1S/C16H16ClN3O5/c1-10(18-15(21)14-4-3-7-25-14)16(22)19(2)9-11-8-12(20(23)24)5-6-13(11)17/h3-8,10H,9H2,1-2H3,(H,18,21). The number of nitrogens with zero attached hydrogens (tertiary/aromatic N) is 2. The predicted molar refractivity (Wildman–Crippen MR) is 90.2 cm³/mol. The largest absolute Gasteiger partial charge is 0.459 e. The van der Waals surface area contributed by atoms with Gasteiger partial charge in [0.1, 0.15) is 6.04 Å². The van der Waals surface area contributed by atoms with Crippen molar-refractivity contribution in [2.45, 2.75) is 19.5 Å². The number of carbonyl (C=O) groups excluding carboxylic acids is 2. The number of nitro benzene ring substituents is 1. The van der Waals surface area contributed by atoms with Crippen molar-refractivity contribution in [2.24, 2.45) is 0 Å². The Morgan fingerprint density at radius 1 is 1.40 bits per heavy atom. The molecule has 0 aliphatic heterocycles. The lowest BCUT2D eigenvalue weighted by atomic mass is 10.1. The van der Waals surface area contributed by atoms with Crippen LogP contribution in [0.15, 0.2) is 41.0 Å². The Balaban J connectivity index is 2.03. The van der Waals surface area contributed by atoms with E-state index in [0.29, 0.717) is 10.6 Å². The summed E-state index contributed by atoms with van der Waals surface area (Å²) in [6, 6.07) is 6.27. The normalized spacial score (nSPS) is 11.6. The van der Waals surface area contributed by atoms with E-state index in [2.05, 4.69) is 5.32 Å². The smallest absolute Gasteiger partial charge is 0.287 e. The van der Waals surface area contributed by atoms with Crippen molar-refractivity contribution in [3.63, 3.8) is 0 Å². The molecule has 1 atom stereocenters. The van der Waals surface area contributed by atoms with Gasteiger partial charge in [-0.3, -0.25) is 19.7 Å². The lowest BCUT2D eigenvalue weighted by Gasteiger charge is -2.22. The van der Waals surface area contributed by atoms with Crippen LogP contribution in [0.5, 0.6) is 0 Å². The molecule has 1 N–H and O–H groups in total. The number of nitro groups is 1. The van der Waals surface area contributed by atoms with Crippen molar-refractivity contribution in [1.29, 1.82) is 0 Å². The van der Waals surface area contributed by atoms with Crippen LogP contribution >= 0.6 is 11.6 Å². The fourth-order valence-electron chi connectivity index (χ4n) is 2.20. The average Bonchev–Trinajstić information content (AvgIpc) is 3.10. The van der Waals surface area contributed by atoms with E-state index in [1.807, 2.05) is 0 Å². The second-order valence-electron chi connectivity index (χ2n) is 5.40. The lowest BCUT2D eigenvalue weighted by Crippen LogP contribution is -2.45. The number of halogens is 1. The minimum absolute atomic E-state index is 0.0698. The monoisotopic (exact) mass is 365 g/mol. The summed E-state index contributed by atoms with van der Waals surface area (Å²) in [6.07, 6.45) is 1.36. The van der Waals surface area contributed by atoms with Crippen molar-refractivity contribution in [2.75, 3.05) is 7.05 Å². The zero-order valence-corrected chi connectivity index (χ0v) is 14.3. The summed E-state index contributed by atoms with van der Waals surface area (Å²) < 4.78 is 4.97. The quantitative estimate of drug-likeness (QED) is 0.625. The highest BCUT2D eigenvalue weighted by Crippen LogP contribution is 2.23. The Morgan fingerprint density at radius 2 is 2.12 bits per heavy atom. The fourth-order valence-corrected chi connectivity index (χ4v) is 2.37. The van der Waals surface area contributed by atoms with Crippen molar-refractivity contribution < 1.29 is 18.9 Å². The number of non-ortho nitro benzene ring substituents is 1. The van der Waals surface area contributed by atoms with Crippen LogP contribution in [0.1, 0.15) is 23.0 Å². The van der Waals surface area contributed by atoms with Crippen LogP contribution in [0.2, 0.25) is 5.02 Å². The van der Waals surface area contributed by atoms with Gasteiger partial charge in [-0.05, 0) is 30.7 Å². The second kappa shape index (κ2) is 7.80. The van der Waals surface area contributed by atoms with Crippen LogP contribution in [-0.2, 0) is 11.3 Å². The molecule has 1 aromatic heterocycles. The maximum Gasteiger partial charge on any atom is 0.287 e. The molecule has 0 saturated heterocycles. The summed E-state index contributed by atoms with van der Waals surface area (Å²) >= 11 is 6.04. The van der Waals surface area contributed by atoms with Gasteiger partial charge < -0.3 is 14.6 Å². The van der Waals surface area contributed by atoms with E-state index in [9.17, 15) is 19.7 Å². The van der Waals surface area contributed by atoms with Crippen LogP contribution in [0, 0.1) is 10.1 Å². The minimum atomic E-state index is -0.805. The average molecular weight is 366 g/mol. The lowest BCUT2D eigenvalue weighted by molar-refractivity contribution is -0.384. The third-order valence-corrected chi connectivity index (χ3v) is 3.86. The summed E-state index contributed by atoms with van der Waals surface area (Å²) in [5.41, 5.74) is 0.329. The third kappa shape index (κ3) is 4.57. The maximum absolute atomic E-state index is 12.4. The van der Waals surface area contributed by atoms with E-state index in [0.717, 1.165) is 0 Å². The van der Waals surface area contributed by atoms with Gasteiger partial charge in [-0.15, -0.1) is 0 Å². The third-order valence-electron chi connectivity index (χ3n) is 3.49. The zero-order valence-electron chi connectivity index (χ0n) is 13.6. The molecule has 1 unspecified atom stereocenters. The molecule has 25 heavy (non-hydrogen) atoms. The molecule has 0 spiro atoms. The molecule has 0 aliphatic carbocycles. The summed E-state index contributed by atoms with van der Waals surface area (Å²) in [7, 11) is 1.52. The molecule has 1 aromatic carbocycles. The van der Waals surface area contributed by atoms with E-state index in [1.54, 1.807) is 6.07 Å². The van der Waals surface area contributed by atoms with Crippen molar-refractivity contribution in [3.05, 3.63) is 63.1 Å². The summed E-state index contributed by atoms with van der Waals surface area (Å²) in [5, 5.41) is 13.7. The molecule has 1 heterocycles. The Labute approximate surface area is 148 Å². The predicted octanol–water partition coefficient (Wildman–Crippen LogP) is 2.62. The molecule has 132 valence electrons. The van der Waals surface area contributed by atoms with Crippen molar-refractivity contribution in [1.82, 2.24) is 10.2 Å². The number of hydrogen-bond donors (Lipinski definition) is 1. The van der Waals surface area contributed by atoms with Crippen LogP contribution in [0.25, 0.3) is 0 Å². The number of hydrogen-bond acceptors (Lipinski definition) is 5. The minimum Gasteiger partial charge on any atom is -0.459 e. The van der Waals surface area contributed by atoms with Crippen LogP contribution in [0.3, 0.4) is 0 Å². The van der Waals surface area contributed by atoms with Gasteiger partial charge in [0.25, 0.3) is 11.6 Å². The summed E-state index contributed by atoms with van der Waals surface area (Å²) in [6.45, 7) is 1.61. The Hall–Kier alpha value is -2.87. The van der Waals surface area contributed by atoms with Gasteiger partial charge in [0.05, 0.1) is 11.2 Å². The first kappa shape index (κ1) is 18.5. The van der Waals surface area contributed by atoms with Crippen molar-refractivity contribution in [3.8, 4) is 0 Å². The van der Waals surface area contributed by atoms with Gasteiger partial charge in [0.15, 0.2) is 5.76 Å².